The molecule has 70 valence electrons. The number of nitriles is 1. The van der Waals surface area contributed by atoms with Crippen LogP contribution >= 0.6 is 22.9 Å². The van der Waals surface area contributed by atoms with E-state index in [1.165, 1.54) is 11.3 Å². The smallest absolute Gasteiger partial charge is 0.113 e. The van der Waals surface area contributed by atoms with Crippen molar-refractivity contribution in [3.63, 3.8) is 0 Å². The second kappa shape index (κ2) is 5.18. The summed E-state index contributed by atoms with van der Waals surface area (Å²) in [6, 6.07) is 2.15. The Morgan fingerprint density at radius 3 is 3.15 bits per heavy atom. The number of hydrogen-bond acceptors (Lipinski definition) is 4. The Bertz CT molecular complexity index is 305. The van der Waals surface area contributed by atoms with E-state index in [4.69, 9.17) is 16.9 Å². The number of rotatable bonds is 4. The van der Waals surface area contributed by atoms with E-state index in [0.717, 1.165) is 5.01 Å². The van der Waals surface area contributed by atoms with Crippen molar-refractivity contribution in [2.24, 2.45) is 5.92 Å². The van der Waals surface area contributed by atoms with Crippen LogP contribution in [0.25, 0.3) is 0 Å². The summed E-state index contributed by atoms with van der Waals surface area (Å²) in [7, 11) is 0. The van der Waals surface area contributed by atoms with Crippen molar-refractivity contribution < 1.29 is 0 Å². The quantitative estimate of drug-likeness (QED) is 0.837. The van der Waals surface area contributed by atoms with Gasteiger partial charge in [-0.05, 0) is 6.92 Å². The van der Waals surface area contributed by atoms with E-state index in [1.807, 2.05) is 6.92 Å². The number of nitrogens with one attached hydrogen (secondary N) is 1. The molecule has 0 fully saturated rings. The Hall–Kier alpha value is -0.630. The van der Waals surface area contributed by atoms with Crippen LogP contribution in [0.15, 0.2) is 6.20 Å². The lowest BCUT2D eigenvalue weighted by Gasteiger charge is -2.02. The third-order valence-corrected chi connectivity index (χ3v) is 2.59. The first-order chi connectivity index (χ1) is 6.22. The van der Waals surface area contributed by atoms with Gasteiger partial charge in [-0.1, -0.05) is 11.6 Å². The topological polar surface area (TPSA) is 48.7 Å². The van der Waals surface area contributed by atoms with Gasteiger partial charge in [-0.25, -0.2) is 4.98 Å². The van der Waals surface area contributed by atoms with Gasteiger partial charge in [0, 0.05) is 13.1 Å². The molecule has 0 saturated carbocycles. The molecule has 5 heteroatoms. The number of aromatic nitrogens is 1. The highest BCUT2D eigenvalue weighted by Crippen LogP contribution is 2.17. The van der Waals surface area contributed by atoms with Crippen molar-refractivity contribution >= 4 is 22.9 Å². The van der Waals surface area contributed by atoms with Gasteiger partial charge in [-0.3, -0.25) is 0 Å². The van der Waals surface area contributed by atoms with Crippen LogP contribution in [0.5, 0.6) is 0 Å². The summed E-state index contributed by atoms with van der Waals surface area (Å²) in [5, 5.41) is 12.6. The number of hydrogen-bond donors (Lipinski definition) is 1. The predicted octanol–water partition coefficient (Wildman–Crippen LogP) is 2.05. The summed E-state index contributed by atoms with van der Waals surface area (Å²) < 4.78 is 0.699. The molecular weight excluding hydrogens is 206 g/mol. The molecule has 3 nitrogen and oxygen atoms in total. The minimum absolute atomic E-state index is 0.0374. The lowest BCUT2D eigenvalue weighted by atomic mass is 10.2. The summed E-state index contributed by atoms with van der Waals surface area (Å²) >= 11 is 7.16. The minimum atomic E-state index is 0.0374. The van der Waals surface area contributed by atoms with Crippen molar-refractivity contribution in [3.8, 4) is 6.07 Å². The lowest BCUT2D eigenvalue weighted by Crippen LogP contribution is -2.19. The lowest BCUT2D eigenvalue weighted by molar-refractivity contribution is 0.600. The molecule has 1 unspecified atom stereocenters. The van der Waals surface area contributed by atoms with E-state index in [1.54, 1.807) is 6.20 Å². The molecular formula is C8H10ClN3S. The van der Waals surface area contributed by atoms with Gasteiger partial charge in [0.1, 0.15) is 9.34 Å². The van der Waals surface area contributed by atoms with Crippen molar-refractivity contribution in [2.75, 3.05) is 6.54 Å². The van der Waals surface area contributed by atoms with Gasteiger partial charge in [-0.2, -0.15) is 5.26 Å². The molecule has 1 rings (SSSR count). The molecule has 0 aliphatic rings. The highest BCUT2D eigenvalue weighted by Gasteiger charge is 2.01. The molecule has 13 heavy (non-hydrogen) atoms. The van der Waals surface area contributed by atoms with Gasteiger partial charge >= 0.3 is 0 Å². The number of thiazole rings is 1. The molecule has 0 saturated heterocycles. The molecule has 0 bridgehead atoms. The molecule has 1 N–H and O–H groups in total. The minimum Gasteiger partial charge on any atom is -0.309 e. The van der Waals surface area contributed by atoms with E-state index in [9.17, 15) is 0 Å². The van der Waals surface area contributed by atoms with Crippen molar-refractivity contribution in [3.05, 3.63) is 15.5 Å². The van der Waals surface area contributed by atoms with Gasteiger partial charge < -0.3 is 5.32 Å². The zero-order valence-corrected chi connectivity index (χ0v) is 8.82. The van der Waals surface area contributed by atoms with Crippen molar-refractivity contribution in [2.45, 2.75) is 13.5 Å². The van der Waals surface area contributed by atoms with Crippen LogP contribution in [0.4, 0.5) is 0 Å². The van der Waals surface area contributed by atoms with Gasteiger partial charge in [-0.15, -0.1) is 11.3 Å². The molecule has 0 amide bonds. The fraction of sp³-hybridized carbons (Fsp3) is 0.500. The van der Waals surface area contributed by atoms with Crippen LogP contribution in [-0.2, 0) is 6.54 Å². The first kappa shape index (κ1) is 10.5. The number of halogens is 1. The van der Waals surface area contributed by atoms with E-state index >= 15 is 0 Å². The summed E-state index contributed by atoms with van der Waals surface area (Å²) in [6.45, 7) is 3.25. The SMILES string of the molecule is CC(C#N)CNCc1ncc(Cl)s1. The van der Waals surface area contributed by atoms with Crippen molar-refractivity contribution in [1.82, 2.24) is 10.3 Å². The van der Waals surface area contributed by atoms with Crippen molar-refractivity contribution in [1.29, 1.82) is 5.26 Å². The molecule has 1 aromatic heterocycles. The summed E-state index contributed by atoms with van der Waals surface area (Å²) in [5.41, 5.74) is 0. The van der Waals surface area contributed by atoms with Crippen LogP contribution in [0.2, 0.25) is 4.34 Å². The Morgan fingerprint density at radius 2 is 2.62 bits per heavy atom. The number of nitrogens with zero attached hydrogens (tertiary/aromatic N) is 2. The third-order valence-electron chi connectivity index (χ3n) is 1.47. The largest absolute Gasteiger partial charge is 0.309 e. The second-order valence-electron chi connectivity index (χ2n) is 2.72. The maximum Gasteiger partial charge on any atom is 0.113 e. The molecule has 0 aromatic carbocycles. The zero-order valence-electron chi connectivity index (χ0n) is 7.25. The van der Waals surface area contributed by atoms with E-state index in [-0.39, 0.29) is 5.92 Å². The zero-order chi connectivity index (χ0) is 9.68. The highest BCUT2D eigenvalue weighted by molar-refractivity contribution is 7.15. The first-order valence-electron chi connectivity index (χ1n) is 3.93. The fourth-order valence-electron chi connectivity index (χ4n) is 0.811. The van der Waals surface area contributed by atoms with Crippen LogP contribution in [0.1, 0.15) is 11.9 Å². The maximum atomic E-state index is 8.51. The second-order valence-corrected chi connectivity index (χ2v) is 4.47. The van der Waals surface area contributed by atoms with Gasteiger partial charge in [0.2, 0.25) is 0 Å². The van der Waals surface area contributed by atoms with Gasteiger partial charge in [0.15, 0.2) is 0 Å². The molecule has 0 aliphatic heterocycles. The van der Waals surface area contributed by atoms with E-state index in [0.29, 0.717) is 17.4 Å². The fourth-order valence-corrected chi connectivity index (χ4v) is 1.74. The molecule has 0 spiro atoms. The van der Waals surface area contributed by atoms with E-state index < -0.39 is 0 Å². The maximum absolute atomic E-state index is 8.51. The Balaban J connectivity index is 2.25. The Labute approximate surface area is 86.4 Å². The molecule has 0 aliphatic carbocycles. The summed E-state index contributed by atoms with van der Waals surface area (Å²) in [5.74, 6) is 0.0374. The Kier molecular flexibility index (Phi) is 4.16. The summed E-state index contributed by atoms with van der Waals surface area (Å²) in [6.07, 6.45) is 1.64. The highest BCUT2D eigenvalue weighted by atomic mass is 35.5. The normalized spacial score (nSPS) is 12.4. The molecule has 1 atom stereocenters. The average molecular weight is 216 g/mol. The first-order valence-corrected chi connectivity index (χ1v) is 5.12. The summed E-state index contributed by atoms with van der Waals surface area (Å²) in [4.78, 5) is 4.08. The molecule has 0 radical (unpaired) electrons. The van der Waals surface area contributed by atoms with Crippen LogP contribution < -0.4 is 5.32 Å². The van der Waals surface area contributed by atoms with Crippen LogP contribution in [0, 0.1) is 17.2 Å². The monoisotopic (exact) mass is 215 g/mol. The van der Waals surface area contributed by atoms with Gasteiger partial charge in [0.05, 0.1) is 18.2 Å². The molecule has 1 heterocycles. The van der Waals surface area contributed by atoms with E-state index in [2.05, 4.69) is 16.4 Å². The average Bonchev–Trinajstić information content (AvgIpc) is 2.51. The standard InChI is InChI=1S/C8H10ClN3S/c1-6(2-10)3-11-5-8-12-4-7(9)13-8/h4,6,11H,3,5H2,1H3. The third kappa shape index (κ3) is 3.73. The Morgan fingerprint density at radius 1 is 1.85 bits per heavy atom. The van der Waals surface area contributed by atoms with Crippen LogP contribution in [-0.4, -0.2) is 11.5 Å². The predicted molar refractivity (Wildman–Crippen MR) is 53.6 cm³/mol. The van der Waals surface area contributed by atoms with Crippen LogP contribution in [0.3, 0.4) is 0 Å². The molecule has 1 aromatic rings. The van der Waals surface area contributed by atoms with Gasteiger partial charge in [0.25, 0.3) is 0 Å².